The van der Waals surface area contributed by atoms with Crippen molar-refractivity contribution in [3.63, 3.8) is 0 Å². The van der Waals surface area contributed by atoms with Crippen molar-refractivity contribution in [3.05, 3.63) is 48.2 Å². The fourth-order valence-electron chi connectivity index (χ4n) is 3.37. The molecule has 1 unspecified atom stereocenters. The maximum Gasteiger partial charge on any atom is 0.339 e. The van der Waals surface area contributed by atoms with Crippen molar-refractivity contribution >= 4 is 44.4 Å². The number of fused-ring (bicyclic) bond motifs is 1. The number of aromatic nitrogens is 2. The summed E-state index contributed by atoms with van der Waals surface area (Å²) in [5, 5.41) is 3.79. The van der Waals surface area contributed by atoms with E-state index < -0.39 is 5.97 Å². The van der Waals surface area contributed by atoms with E-state index in [9.17, 15) is 9.59 Å². The van der Waals surface area contributed by atoms with Crippen LogP contribution in [0.3, 0.4) is 0 Å². The van der Waals surface area contributed by atoms with E-state index >= 15 is 0 Å². The summed E-state index contributed by atoms with van der Waals surface area (Å²) in [6.45, 7) is 1.45. The molecule has 0 bridgehead atoms. The Morgan fingerprint density at radius 2 is 2.11 bits per heavy atom. The smallest absolute Gasteiger partial charge is 0.339 e. The molecular weight excluding hydrogens is 376 g/mol. The number of para-hydroxylation sites is 1. The minimum Gasteiger partial charge on any atom is -0.465 e. The van der Waals surface area contributed by atoms with Crippen molar-refractivity contribution in [2.75, 3.05) is 30.4 Å². The third-order valence-electron chi connectivity index (χ3n) is 4.81. The van der Waals surface area contributed by atoms with E-state index in [1.807, 2.05) is 12.1 Å². The minimum atomic E-state index is -0.469. The van der Waals surface area contributed by atoms with E-state index in [0.717, 1.165) is 34.9 Å². The summed E-state index contributed by atoms with van der Waals surface area (Å²) in [7, 11) is 1.33. The number of amides is 1. The molecule has 1 aliphatic rings. The number of esters is 1. The Bertz CT molecular complexity index is 986. The monoisotopic (exact) mass is 396 g/mol. The molecule has 8 heteroatoms. The van der Waals surface area contributed by atoms with Gasteiger partial charge >= 0.3 is 5.97 Å². The third-order valence-corrected chi connectivity index (χ3v) is 5.85. The second kappa shape index (κ2) is 7.93. The first-order chi connectivity index (χ1) is 13.7. The summed E-state index contributed by atoms with van der Waals surface area (Å²) in [4.78, 5) is 36.8. The fraction of sp³-hybridized carbons (Fsp3) is 0.300. The van der Waals surface area contributed by atoms with Crippen molar-refractivity contribution in [1.29, 1.82) is 0 Å². The topological polar surface area (TPSA) is 84.4 Å². The van der Waals surface area contributed by atoms with Gasteiger partial charge in [0.05, 0.1) is 24.3 Å². The number of nitrogens with one attached hydrogen (secondary N) is 1. The largest absolute Gasteiger partial charge is 0.465 e. The number of piperidine rings is 1. The van der Waals surface area contributed by atoms with Crippen LogP contribution in [0.4, 0.5) is 10.8 Å². The number of ether oxygens (including phenoxy) is 1. The van der Waals surface area contributed by atoms with Gasteiger partial charge in [-0.3, -0.25) is 4.79 Å². The molecule has 3 aromatic rings. The van der Waals surface area contributed by atoms with E-state index in [2.05, 4.69) is 20.2 Å². The number of rotatable bonds is 4. The van der Waals surface area contributed by atoms with E-state index in [-0.39, 0.29) is 11.8 Å². The molecule has 3 heterocycles. The fourth-order valence-corrected chi connectivity index (χ4v) is 4.32. The number of hydrogen-bond acceptors (Lipinski definition) is 7. The molecule has 1 aromatic carbocycles. The highest BCUT2D eigenvalue weighted by Crippen LogP contribution is 2.31. The van der Waals surface area contributed by atoms with Crippen molar-refractivity contribution in [1.82, 2.24) is 9.97 Å². The summed E-state index contributed by atoms with van der Waals surface area (Å²) in [6.07, 6.45) is 3.46. The SMILES string of the molecule is COC(=O)c1ccccc1NC(=O)C1CCCN(c2nc3cccnc3s2)C1. The Kier molecular flexibility index (Phi) is 5.21. The molecule has 0 spiro atoms. The van der Waals surface area contributed by atoms with E-state index in [1.165, 1.54) is 7.11 Å². The average molecular weight is 396 g/mol. The zero-order valence-corrected chi connectivity index (χ0v) is 16.2. The van der Waals surface area contributed by atoms with Gasteiger partial charge in [0, 0.05) is 19.3 Å². The number of benzene rings is 1. The summed E-state index contributed by atoms with van der Waals surface area (Å²) < 4.78 is 4.80. The molecule has 0 radical (unpaired) electrons. The number of hydrogen-bond donors (Lipinski definition) is 1. The quantitative estimate of drug-likeness (QED) is 0.681. The maximum absolute atomic E-state index is 12.9. The lowest BCUT2D eigenvalue weighted by molar-refractivity contribution is -0.120. The van der Waals surface area contributed by atoms with E-state index in [0.29, 0.717) is 17.8 Å². The van der Waals surface area contributed by atoms with E-state index in [4.69, 9.17) is 4.74 Å². The van der Waals surface area contributed by atoms with Gasteiger partial charge in [-0.1, -0.05) is 23.5 Å². The Morgan fingerprint density at radius 3 is 2.93 bits per heavy atom. The van der Waals surface area contributed by atoms with Gasteiger partial charge in [-0.05, 0) is 37.1 Å². The first-order valence-corrected chi connectivity index (χ1v) is 9.92. The summed E-state index contributed by atoms with van der Waals surface area (Å²) >= 11 is 1.54. The first-order valence-electron chi connectivity index (χ1n) is 9.10. The van der Waals surface area contributed by atoms with Crippen molar-refractivity contribution in [2.24, 2.45) is 5.92 Å². The highest BCUT2D eigenvalue weighted by Gasteiger charge is 2.28. The molecule has 4 rings (SSSR count). The molecule has 0 aliphatic carbocycles. The zero-order valence-electron chi connectivity index (χ0n) is 15.4. The molecule has 144 valence electrons. The molecule has 7 nitrogen and oxygen atoms in total. The van der Waals surface area contributed by atoms with Crippen LogP contribution in [0.2, 0.25) is 0 Å². The molecule has 28 heavy (non-hydrogen) atoms. The molecule has 2 aromatic heterocycles. The Morgan fingerprint density at radius 1 is 1.25 bits per heavy atom. The molecule has 1 N–H and O–H groups in total. The summed E-state index contributed by atoms with van der Waals surface area (Å²) in [5.74, 6) is -0.747. The zero-order chi connectivity index (χ0) is 19.5. The number of methoxy groups -OCH3 is 1. The number of anilines is 2. The minimum absolute atomic E-state index is 0.0970. The van der Waals surface area contributed by atoms with E-state index in [1.54, 1.807) is 41.8 Å². The van der Waals surface area contributed by atoms with Crippen LogP contribution in [0.15, 0.2) is 42.6 Å². The second-order valence-electron chi connectivity index (χ2n) is 6.64. The third kappa shape index (κ3) is 3.68. The average Bonchev–Trinajstić information content (AvgIpc) is 3.18. The van der Waals surface area contributed by atoms with Gasteiger partial charge in [0.1, 0.15) is 10.3 Å². The van der Waals surface area contributed by atoms with Gasteiger partial charge in [0.15, 0.2) is 5.13 Å². The maximum atomic E-state index is 12.9. The van der Waals surface area contributed by atoms with Crippen LogP contribution >= 0.6 is 11.3 Å². The number of pyridine rings is 1. The Hall–Kier alpha value is -3.00. The van der Waals surface area contributed by atoms with Crippen LogP contribution in [-0.2, 0) is 9.53 Å². The Balaban J connectivity index is 1.49. The lowest BCUT2D eigenvalue weighted by atomic mass is 9.97. The number of carbonyl (C=O) groups is 2. The van der Waals surface area contributed by atoms with Gasteiger partial charge < -0.3 is 15.0 Å². The molecular formula is C20H20N4O3S. The van der Waals surface area contributed by atoms with Crippen LogP contribution in [0.25, 0.3) is 10.3 Å². The number of carbonyl (C=O) groups excluding carboxylic acids is 2. The van der Waals surface area contributed by atoms with Gasteiger partial charge in [-0.2, -0.15) is 0 Å². The lowest BCUT2D eigenvalue weighted by Gasteiger charge is -2.31. The highest BCUT2D eigenvalue weighted by molar-refractivity contribution is 7.21. The van der Waals surface area contributed by atoms with Crippen molar-refractivity contribution < 1.29 is 14.3 Å². The predicted molar refractivity (Wildman–Crippen MR) is 109 cm³/mol. The molecule has 0 saturated carbocycles. The lowest BCUT2D eigenvalue weighted by Crippen LogP contribution is -2.40. The Labute approximate surface area is 166 Å². The van der Waals surface area contributed by atoms with Crippen LogP contribution in [0, 0.1) is 5.92 Å². The van der Waals surface area contributed by atoms with Crippen LogP contribution in [0.1, 0.15) is 23.2 Å². The normalized spacial score (nSPS) is 16.8. The predicted octanol–water partition coefficient (Wildman–Crippen LogP) is 3.33. The molecule has 1 aliphatic heterocycles. The summed E-state index contributed by atoms with van der Waals surface area (Å²) in [5.41, 5.74) is 1.70. The van der Waals surface area contributed by atoms with Crippen LogP contribution in [-0.4, -0.2) is 42.0 Å². The van der Waals surface area contributed by atoms with Crippen LogP contribution < -0.4 is 10.2 Å². The van der Waals surface area contributed by atoms with Crippen LogP contribution in [0.5, 0.6) is 0 Å². The first kappa shape index (κ1) is 18.4. The second-order valence-corrected chi connectivity index (χ2v) is 7.59. The number of thiazole rings is 1. The molecule has 1 saturated heterocycles. The van der Waals surface area contributed by atoms with Gasteiger partial charge in [0.2, 0.25) is 5.91 Å². The highest BCUT2D eigenvalue weighted by atomic mass is 32.1. The summed E-state index contributed by atoms with van der Waals surface area (Å²) in [6, 6.07) is 10.7. The van der Waals surface area contributed by atoms with Gasteiger partial charge in [0.25, 0.3) is 0 Å². The van der Waals surface area contributed by atoms with Gasteiger partial charge in [-0.25, -0.2) is 14.8 Å². The molecule has 1 atom stereocenters. The molecule has 1 fully saturated rings. The standard InChI is InChI=1S/C20H20N4O3S/c1-27-19(26)14-7-2-3-8-15(14)22-17(25)13-6-5-11-24(12-13)20-23-16-9-4-10-21-18(16)28-20/h2-4,7-10,13H,5-6,11-12H2,1H3,(H,22,25). The number of nitrogens with zero attached hydrogens (tertiary/aromatic N) is 3. The van der Waals surface area contributed by atoms with Crippen molar-refractivity contribution in [3.8, 4) is 0 Å². The molecule has 1 amide bonds. The van der Waals surface area contributed by atoms with Crippen molar-refractivity contribution in [2.45, 2.75) is 12.8 Å². The van der Waals surface area contributed by atoms with Gasteiger partial charge in [-0.15, -0.1) is 0 Å².